The number of nitrogens with one attached hydrogen (secondary N) is 3. The van der Waals surface area contributed by atoms with Crippen molar-refractivity contribution in [2.75, 3.05) is 36.4 Å². The lowest BCUT2D eigenvalue weighted by molar-refractivity contribution is 0.660. The third-order valence-corrected chi connectivity index (χ3v) is 5.96. The van der Waals surface area contributed by atoms with E-state index in [9.17, 15) is 0 Å². The average Bonchev–Trinajstić information content (AvgIpc) is 3.26. The van der Waals surface area contributed by atoms with Crippen molar-refractivity contribution in [2.24, 2.45) is 0 Å². The van der Waals surface area contributed by atoms with Crippen LogP contribution in [0.5, 0.6) is 0 Å². The molecule has 10 heteroatoms. The number of aryl methyl sites for hydroxylation is 1. The van der Waals surface area contributed by atoms with Crippen LogP contribution in [0.3, 0.4) is 0 Å². The lowest BCUT2D eigenvalue weighted by Gasteiger charge is -2.36. The van der Waals surface area contributed by atoms with E-state index in [4.69, 9.17) is 23.2 Å². The molecule has 1 aromatic carbocycles. The Morgan fingerprint density at radius 2 is 2.10 bits per heavy atom. The Hall–Kier alpha value is -2.42. The number of hydrogen-bond acceptors (Lipinski definition) is 7. The summed E-state index contributed by atoms with van der Waals surface area (Å²) in [5.74, 6) is 2.13. The van der Waals surface area contributed by atoms with Gasteiger partial charge in [-0.2, -0.15) is 5.10 Å². The van der Waals surface area contributed by atoms with Crippen LogP contribution < -0.4 is 15.5 Å². The van der Waals surface area contributed by atoms with Crippen molar-refractivity contribution in [3.63, 3.8) is 0 Å². The molecule has 0 bridgehead atoms. The maximum atomic E-state index is 6.47. The van der Waals surface area contributed by atoms with E-state index in [-0.39, 0.29) is 6.04 Å². The first-order chi connectivity index (χ1) is 15.1. The minimum Gasteiger partial charge on any atom is -0.365 e. The average molecular weight is 461 g/mol. The van der Waals surface area contributed by atoms with Gasteiger partial charge in [-0.05, 0) is 56.3 Å². The summed E-state index contributed by atoms with van der Waals surface area (Å²) in [6, 6.07) is 7.54. The number of halogens is 2. The van der Waals surface area contributed by atoms with Crippen molar-refractivity contribution in [1.29, 1.82) is 0 Å². The summed E-state index contributed by atoms with van der Waals surface area (Å²) in [5.41, 5.74) is 2.55. The van der Waals surface area contributed by atoms with Crippen molar-refractivity contribution in [2.45, 2.75) is 32.7 Å². The highest BCUT2D eigenvalue weighted by molar-refractivity contribution is 6.33. The van der Waals surface area contributed by atoms with Gasteiger partial charge in [-0.3, -0.25) is 5.10 Å². The van der Waals surface area contributed by atoms with Crippen LogP contribution in [-0.4, -0.2) is 51.6 Å². The zero-order valence-electron chi connectivity index (χ0n) is 17.6. The molecule has 1 unspecified atom stereocenters. The van der Waals surface area contributed by atoms with Gasteiger partial charge in [-0.15, -0.1) is 10.2 Å². The molecule has 0 radical (unpaired) electrons. The van der Waals surface area contributed by atoms with Crippen LogP contribution in [-0.2, 0) is 6.42 Å². The third-order valence-electron chi connectivity index (χ3n) is 5.38. The molecule has 0 spiro atoms. The van der Waals surface area contributed by atoms with Crippen molar-refractivity contribution in [1.82, 2.24) is 30.7 Å². The molecular formula is C21H26Cl2N8. The number of anilines is 2. The van der Waals surface area contributed by atoms with Crippen LogP contribution in [0, 0.1) is 0 Å². The SMILES string of the molecule is CCNCCCc1nc(-c2cc3c(nn2)NCCN3C(C)c2cc(Cl)ccc2Cl)n[nH]1. The molecule has 3 N–H and O–H groups in total. The summed E-state index contributed by atoms with van der Waals surface area (Å²) in [6.45, 7) is 7.69. The molecule has 164 valence electrons. The molecule has 4 rings (SSSR count). The lowest BCUT2D eigenvalue weighted by Crippen LogP contribution is -2.36. The Morgan fingerprint density at radius 3 is 2.94 bits per heavy atom. The maximum absolute atomic E-state index is 6.47. The van der Waals surface area contributed by atoms with E-state index >= 15 is 0 Å². The van der Waals surface area contributed by atoms with Gasteiger partial charge in [-0.25, -0.2) is 4.98 Å². The fourth-order valence-electron chi connectivity index (χ4n) is 3.74. The largest absolute Gasteiger partial charge is 0.365 e. The molecule has 2 aromatic heterocycles. The summed E-state index contributed by atoms with van der Waals surface area (Å²) < 4.78 is 0. The first-order valence-corrected chi connectivity index (χ1v) is 11.3. The Bertz CT molecular complexity index is 1040. The number of rotatable bonds is 8. The number of aromatic nitrogens is 5. The van der Waals surface area contributed by atoms with Crippen molar-refractivity contribution in [3.05, 3.63) is 45.7 Å². The molecule has 8 nitrogen and oxygen atoms in total. The summed E-state index contributed by atoms with van der Waals surface area (Å²) in [4.78, 5) is 6.86. The third kappa shape index (κ3) is 4.92. The predicted molar refractivity (Wildman–Crippen MR) is 125 cm³/mol. The van der Waals surface area contributed by atoms with Crippen molar-refractivity contribution >= 4 is 34.7 Å². The standard InChI is InChI=1S/C21H26Cl2N8/c1-3-24-8-4-5-19-26-20(29-28-19)17-12-18-21(30-27-17)25-9-10-31(18)13(2)15-11-14(22)6-7-16(15)23/h6-7,11-13,24H,3-5,8-10H2,1-2H3,(H,25,30)(H,26,28,29). The molecule has 1 aliphatic heterocycles. The molecule has 1 atom stereocenters. The molecule has 0 aliphatic carbocycles. The van der Waals surface area contributed by atoms with Crippen LogP contribution in [0.2, 0.25) is 10.0 Å². The maximum Gasteiger partial charge on any atom is 0.201 e. The molecule has 0 saturated carbocycles. The van der Waals surface area contributed by atoms with Gasteiger partial charge >= 0.3 is 0 Å². The van der Waals surface area contributed by atoms with E-state index in [0.717, 1.165) is 61.9 Å². The van der Waals surface area contributed by atoms with E-state index in [1.165, 1.54) is 0 Å². The van der Waals surface area contributed by atoms with Crippen molar-refractivity contribution in [3.8, 4) is 11.5 Å². The predicted octanol–water partition coefficient (Wildman–Crippen LogP) is 4.10. The molecule has 3 heterocycles. The van der Waals surface area contributed by atoms with Crippen LogP contribution >= 0.6 is 23.2 Å². The number of H-pyrrole nitrogens is 1. The van der Waals surface area contributed by atoms with Crippen LogP contribution in [0.1, 0.15) is 37.7 Å². The van der Waals surface area contributed by atoms with Gasteiger partial charge < -0.3 is 15.5 Å². The van der Waals surface area contributed by atoms with E-state index in [1.807, 2.05) is 18.2 Å². The van der Waals surface area contributed by atoms with Crippen LogP contribution in [0.25, 0.3) is 11.5 Å². The van der Waals surface area contributed by atoms with Gasteiger partial charge in [0.1, 0.15) is 11.5 Å². The molecule has 0 fully saturated rings. The van der Waals surface area contributed by atoms with Gasteiger partial charge in [0, 0.05) is 29.6 Å². The van der Waals surface area contributed by atoms with E-state index in [1.54, 1.807) is 6.07 Å². The Morgan fingerprint density at radius 1 is 1.23 bits per heavy atom. The van der Waals surface area contributed by atoms with Crippen LogP contribution in [0.15, 0.2) is 24.3 Å². The Labute approximate surface area is 191 Å². The molecule has 31 heavy (non-hydrogen) atoms. The molecule has 0 saturated heterocycles. The topological polar surface area (TPSA) is 94.7 Å². The first-order valence-electron chi connectivity index (χ1n) is 10.5. The van der Waals surface area contributed by atoms with E-state index in [2.05, 4.69) is 54.8 Å². The number of benzene rings is 1. The fourth-order valence-corrected chi connectivity index (χ4v) is 4.19. The quantitative estimate of drug-likeness (QED) is 0.435. The first kappa shape index (κ1) is 21.8. The molecule has 1 aliphatic rings. The van der Waals surface area contributed by atoms with Gasteiger partial charge in [0.25, 0.3) is 0 Å². The Balaban J connectivity index is 1.58. The lowest BCUT2D eigenvalue weighted by atomic mass is 10.0. The highest BCUT2D eigenvalue weighted by Crippen LogP contribution is 2.37. The summed E-state index contributed by atoms with van der Waals surface area (Å²) in [7, 11) is 0. The van der Waals surface area contributed by atoms with Crippen molar-refractivity contribution < 1.29 is 0 Å². The molecular weight excluding hydrogens is 435 g/mol. The normalized spacial score (nSPS) is 14.3. The summed E-state index contributed by atoms with van der Waals surface area (Å²) >= 11 is 12.7. The van der Waals surface area contributed by atoms with Crippen LogP contribution in [0.4, 0.5) is 11.5 Å². The smallest absolute Gasteiger partial charge is 0.201 e. The second kappa shape index (κ2) is 9.80. The minimum absolute atomic E-state index is 0.0119. The second-order valence-corrected chi connectivity index (χ2v) is 8.33. The monoisotopic (exact) mass is 460 g/mol. The second-order valence-electron chi connectivity index (χ2n) is 7.49. The number of nitrogens with zero attached hydrogens (tertiary/aromatic N) is 5. The minimum atomic E-state index is 0.0119. The highest BCUT2D eigenvalue weighted by atomic mass is 35.5. The van der Waals surface area contributed by atoms with Gasteiger partial charge in [-0.1, -0.05) is 30.1 Å². The molecule has 0 amide bonds. The van der Waals surface area contributed by atoms with Gasteiger partial charge in [0.15, 0.2) is 5.82 Å². The molecule has 3 aromatic rings. The zero-order chi connectivity index (χ0) is 21.8. The number of aromatic amines is 1. The Kier molecular flexibility index (Phi) is 6.89. The van der Waals surface area contributed by atoms with Gasteiger partial charge in [0.2, 0.25) is 5.82 Å². The van der Waals surface area contributed by atoms with E-state index in [0.29, 0.717) is 21.6 Å². The van der Waals surface area contributed by atoms with E-state index < -0.39 is 0 Å². The van der Waals surface area contributed by atoms with Gasteiger partial charge in [0.05, 0.1) is 11.7 Å². The zero-order valence-corrected chi connectivity index (χ0v) is 19.1. The number of hydrogen-bond donors (Lipinski definition) is 3. The fraction of sp³-hybridized carbons (Fsp3) is 0.429. The summed E-state index contributed by atoms with van der Waals surface area (Å²) in [6.07, 6.45) is 1.82. The highest BCUT2D eigenvalue weighted by Gasteiger charge is 2.26. The number of fused-ring (bicyclic) bond motifs is 1. The summed E-state index contributed by atoms with van der Waals surface area (Å²) in [5, 5.41) is 24.1.